The largest absolute Gasteiger partial charge is 0.545 e. The molecule has 1 rings (SSSR count). The molecule has 12 heteroatoms. The Labute approximate surface area is 133 Å². The summed E-state index contributed by atoms with van der Waals surface area (Å²) in [4.78, 5) is 19.8. The van der Waals surface area contributed by atoms with Crippen LogP contribution in [0.5, 0.6) is 0 Å². The third-order valence-corrected chi connectivity index (χ3v) is 2.77. The lowest BCUT2D eigenvalue weighted by atomic mass is 10.1. The number of aliphatic hydroxyl groups is 2. The molecule has 0 aliphatic carbocycles. The Morgan fingerprint density at radius 2 is 1.27 bits per heavy atom. The molecular weight excluding hydrogens is 358 g/mol. The van der Waals surface area contributed by atoms with E-state index in [-0.39, 0.29) is 33.0 Å². The van der Waals surface area contributed by atoms with Gasteiger partial charge in [-0.25, -0.2) is 0 Å². The molecule has 0 spiro atoms. The zero-order valence-corrected chi connectivity index (χ0v) is 16.7. The average Bonchev–Trinajstić information content (AvgIpc) is 2.37. The zero-order valence-electron chi connectivity index (χ0n) is 11.8. The Morgan fingerprint density at radius 3 is 1.45 bits per heavy atom. The lowest BCUT2D eigenvalue weighted by molar-refractivity contribution is -0.255. The van der Waals surface area contributed by atoms with Crippen LogP contribution < -0.4 is 10.2 Å². The number of carboxylic acids is 2. The SMILES string of the molecule is O=C([O-])c1cccc(C(=O)[O-])c1S(=O)(=O)O.OCCO.[PH4+].[PH4+]. The molecule has 1 aromatic rings. The van der Waals surface area contributed by atoms with Gasteiger partial charge in [-0.2, -0.15) is 8.42 Å². The lowest BCUT2D eigenvalue weighted by Gasteiger charge is -2.13. The summed E-state index contributed by atoms with van der Waals surface area (Å²) in [5, 5.41) is 36.3. The van der Waals surface area contributed by atoms with E-state index in [2.05, 4.69) is 0 Å². The Hall–Kier alpha value is -1.15. The minimum absolute atomic E-state index is 0. The summed E-state index contributed by atoms with van der Waals surface area (Å²) in [6.45, 7) is -0.250. The van der Waals surface area contributed by atoms with Crippen molar-refractivity contribution < 1.29 is 43.0 Å². The van der Waals surface area contributed by atoms with Crippen LogP contribution in [0.25, 0.3) is 0 Å². The summed E-state index contributed by atoms with van der Waals surface area (Å²) in [5.41, 5.74) is -1.88. The van der Waals surface area contributed by atoms with Gasteiger partial charge >= 0.3 is 0 Å². The van der Waals surface area contributed by atoms with E-state index in [1.165, 1.54) is 0 Å². The molecule has 2 unspecified atom stereocenters. The van der Waals surface area contributed by atoms with Crippen molar-refractivity contribution in [1.82, 2.24) is 0 Å². The van der Waals surface area contributed by atoms with E-state index in [4.69, 9.17) is 14.8 Å². The highest BCUT2D eigenvalue weighted by Gasteiger charge is 2.21. The standard InChI is InChI=1S/C8H6O7S.C2H6O2.2H3P/c9-7(10)4-2-1-3-5(8(11)12)6(4)16(13,14)15;3-1-2-4;;/h1-3H,(H,9,10)(H,11,12)(H,13,14,15);3-4H,1-2H2;2*1H3. The minimum atomic E-state index is -5.00. The first-order chi connectivity index (χ1) is 9.16. The number of carbonyl (C=O) groups is 2. The molecule has 0 saturated heterocycles. The maximum Gasteiger partial charge on any atom is 0.295 e. The van der Waals surface area contributed by atoms with Crippen LogP contribution in [-0.2, 0) is 10.1 Å². The van der Waals surface area contributed by atoms with Crippen molar-refractivity contribution in [2.24, 2.45) is 0 Å². The summed E-state index contributed by atoms with van der Waals surface area (Å²) >= 11 is 0. The Balaban J connectivity index is -0.000000538. The highest BCUT2D eigenvalue weighted by atomic mass is 32.2. The van der Waals surface area contributed by atoms with Gasteiger partial charge in [0.2, 0.25) is 0 Å². The Morgan fingerprint density at radius 1 is 0.955 bits per heavy atom. The molecule has 0 aliphatic heterocycles. The van der Waals surface area contributed by atoms with Gasteiger partial charge in [-0.1, -0.05) is 18.2 Å². The Kier molecular flexibility index (Phi) is 13.4. The number of benzene rings is 1. The van der Waals surface area contributed by atoms with Crippen LogP contribution in [0.3, 0.4) is 0 Å². The molecule has 3 N–H and O–H groups in total. The Bertz CT molecular complexity index is 566. The topological polar surface area (TPSA) is 175 Å². The van der Waals surface area contributed by atoms with E-state index in [0.717, 1.165) is 18.2 Å². The number of carbonyl (C=O) groups excluding carboxylic acids is 2. The zero-order chi connectivity index (χ0) is 15.9. The van der Waals surface area contributed by atoms with Crippen molar-refractivity contribution in [3.05, 3.63) is 29.3 Å². The third kappa shape index (κ3) is 7.74. The van der Waals surface area contributed by atoms with Gasteiger partial charge < -0.3 is 30.0 Å². The molecule has 0 aromatic heterocycles. The molecule has 0 fully saturated rings. The molecular formula is C10H18O9P2S. The quantitative estimate of drug-likeness (QED) is 0.351. The maximum absolute atomic E-state index is 10.9. The van der Waals surface area contributed by atoms with Crippen molar-refractivity contribution >= 4 is 41.9 Å². The van der Waals surface area contributed by atoms with Gasteiger partial charge in [0.1, 0.15) is 4.90 Å². The van der Waals surface area contributed by atoms with Gasteiger partial charge in [0, 0.05) is 11.1 Å². The highest BCUT2D eigenvalue weighted by molar-refractivity contribution is 7.86. The fourth-order valence-corrected chi connectivity index (χ4v) is 1.99. The van der Waals surface area contributed by atoms with Crippen LogP contribution in [0.1, 0.15) is 20.7 Å². The van der Waals surface area contributed by atoms with Crippen molar-refractivity contribution in [3.8, 4) is 0 Å². The molecule has 0 bridgehead atoms. The summed E-state index contributed by atoms with van der Waals surface area (Å²) in [7, 11) is -5.00. The third-order valence-electron chi connectivity index (χ3n) is 1.81. The molecule has 9 nitrogen and oxygen atoms in total. The monoisotopic (exact) mass is 376 g/mol. The number of hydrogen-bond donors (Lipinski definition) is 3. The molecule has 128 valence electrons. The first-order valence-corrected chi connectivity index (χ1v) is 6.35. The highest BCUT2D eigenvalue weighted by Crippen LogP contribution is 2.19. The van der Waals surface area contributed by atoms with E-state index in [1.54, 1.807) is 0 Å². The van der Waals surface area contributed by atoms with E-state index in [9.17, 15) is 28.2 Å². The predicted molar refractivity (Wildman–Crippen MR) is 84.1 cm³/mol. The second kappa shape index (κ2) is 11.4. The van der Waals surface area contributed by atoms with Gasteiger partial charge in [-0.05, 0) is 19.8 Å². The fourth-order valence-electron chi connectivity index (χ4n) is 1.14. The van der Waals surface area contributed by atoms with E-state index in [0.29, 0.717) is 0 Å². The second-order valence-electron chi connectivity index (χ2n) is 3.18. The lowest BCUT2D eigenvalue weighted by Crippen LogP contribution is -2.29. The van der Waals surface area contributed by atoms with Gasteiger partial charge in [-0.3, -0.25) is 4.55 Å². The first kappa shape index (κ1) is 25.8. The fraction of sp³-hybridized carbons (Fsp3) is 0.200. The number of rotatable bonds is 4. The average molecular weight is 376 g/mol. The molecule has 0 heterocycles. The number of carboxylic acid groups (broad SMARTS) is 2. The van der Waals surface area contributed by atoms with Crippen molar-refractivity contribution in [1.29, 1.82) is 0 Å². The molecule has 1 aromatic carbocycles. The van der Waals surface area contributed by atoms with Gasteiger partial charge in [-0.15, -0.1) is 0 Å². The summed E-state index contributed by atoms with van der Waals surface area (Å²) in [5.74, 6) is -3.84. The van der Waals surface area contributed by atoms with Crippen molar-refractivity contribution in [2.75, 3.05) is 13.2 Å². The van der Waals surface area contributed by atoms with E-state index >= 15 is 0 Å². The molecule has 0 radical (unpaired) electrons. The predicted octanol–water partition coefficient (Wildman–Crippen LogP) is -3.79. The second-order valence-corrected chi connectivity index (χ2v) is 4.54. The normalized spacial score (nSPS) is 9.41. The van der Waals surface area contributed by atoms with Crippen LogP contribution in [-0.4, -0.2) is 48.3 Å². The number of hydrogen-bond acceptors (Lipinski definition) is 8. The molecule has 0 amide bonds. The van der Waals surface area contributed by atoms with Crippen molar-refractivity contribution in [3.63, 3.8) is 0 Å². The smallest absolute Gasteiger partial charge is 0.295 e. The molecule has 22 heavy (non-hydrogen) atoms. The molecule has 0 aliphatic rings. The maximum atomic E-state index is 10.9. The van der Waals surface area contributed by atoms with Gasteiger partial charge in [0.15, 0.2) is 0 Å². The van der Waals surface area contributed by atoms with E-state index in [1.807, 2.05) is 0 Å². The van der Waals surface area contributed by atoms with Crippen LogP contribution >= 0.6 is 19.8 Å². The van der Waals surface area contributed by atoms with Crippen LogP contribution in [0.2, 0.25) is 0 Å². The minimum Gasteiger partial charge on any atom is -0.545 e. The van der Waals surface area contributed by atoms with Gasteiger partial charge in [0.05, 0.1) is 25.2 Å². The number of aromatic carboxylic acids is 2. The number of aliphatic hydroxyl groups excluding tert-OH is 2. The van der Waals surface area contributed by atoms with E-state index < -0.39 is 38.1 Å². The molecule has 2 atom stereocenters. The molecule has 0 saturated carbocycles. The summed E-state index contributed by atoms with van der Waals surface area (Å²) in [6, 6.07) is 2.58. The summed E-state index contributed by atoms with van der Waals surface area (Å²) < 4.78 is 30.5. The summed E-state index contributed by atoms with van der Waals surface area (Å²) in [6.07, 6.45) is 0. The first-order valence-electron chi connectivity index (χ1n) is 4.91. The van der Waals surface area contributed by atoms with Crippen LogP contribution in [0.4, 0.5) is 0 Å². The van der Waals surface area contributed by atoms with Gasteiger partial charge in [0.25, 0.3) is 10.1 Å². The van der Waals surface area contributed by atoms with Crippen molar-refractivity contribution in [2.45, 2.75) is 4.90 Å². The van der Waals surface area contributed by atoms with Crippen LogP contribution in [0, 0.1) is 0 Å². The van der Waals surface area contributed by atoms with Crippen LogP contribution in [0.15, 0.2) is 23.1 Å².